The molecule has 1 amide bonds. The highest BCUT2D eigenvalue weighted by Crippen LogP contribution is 2.30. The molecule has 3 aliphatic rings. The van der Waals surface area contributed by atoms with Crippen molar-refractivity contribution in [3.63, 3.8) is 0 Å². The summed E-state index contributed by atoms with van der Waals surface area (Å²) in [6, 6.07) is 21.8. The number of amides is 1. The topological polar surface area (TPSA) is 83.0 Å². The summed E-state index contributed by atoms with van der Waals surface area (Å²) in [5.41, 5.74) is 4.87. The van der Waals surface area contributed by atoms with E-state index in [1.165, 1.54) is 5.57 Å². The number of benzene rings is 2. The van der Waals surface area contributed by atoms with E-state index < -0.39 is 0 Å². The maximum absolute atomic E-state index is 13.0. The van der Waals surface area contributed by atoms with Gasteiger partial charge < -0.3 is 19.9 Å². The number of hydrogen-bond donors (Lipinski definition) is 1. The Kier molecular flexibility index (Phi) is 6.40. The van der Waals surface area contributed by atoms with Gasteiger partial charge in [-0.1, -0.05) is 48.5 Å². The van der Waals surface area contributed by atoms with Crippen LogP contribution in [0.4, 0.5) is 11.8 Å². The van der Waals surface area contributed by atoms with Crippen molar-refractivity contribution < 1.29 is 9.53 Å². The second-order valence-electron chi connectivity index (χ2n) is 9.65. The number of carbonyl (C=O) groups excluding carboxylic acids is 1. The number of hydrogen-bond acceptors (Lipinski definition) is 7. The molecule has 3 aromatic rings. The van der Waals surface area contributed by atoms with Crippen LogP contribution in [0.3, 0.4) is 0 Å². The number of rotatable bonds is 6. The Hall–Kier alpha value is -4.04. The number of aliphatic imine (C=N–C) groups is 1. The van der Waals surface area contributed by atoms with Crippen molar-refractivity contribution in [1.29, 1.82) is 0 Å². The summed E-state index contributed by atoms with van der Waals surface area (Å²) < 4.78 is 5.47. The molecule has 0 bridgehead atoms. The zero-order chi connectivity index (χ0) is 25.2. The van der Waals surface area contributed by atoms with Crippen molar-refractivity contribution in [3.8, 4) is 11.3 Å². The molecule has 3 aliphatic heterocycles. The summed E-state index contributed by atoms with van der Waals surface area (Å²) >= 11 is 0. The van der Waals surface area contributed by atoms with Gasteiger partial charge in [0.25, 0.3) is 5.91 Å². The van der Waals surface area contributed by atoms with Crippen molar-refractivity contribution in [1.82, 2.24) is 14.9 Å². The van der Waals surface area contributed by atoms with Crippen LogP contribution < -0.4 is 10.2 Å². The van der Waals surface area contributed by atoms with Gasteiger partial charge in [-0.2, -0.15) is 4.98 Å². The van der Waals surface area contributed by atoms with Crippen LogP contribution in [-0.4, -0.2) is 72.5 Å². The van der Waals surface area contributed by atoms with Crippen LogP contribution in [0.25, 0.3) is 11.3 Å². The van der Waals surface area contributed by atoms with Crippen molar-refractivity contribution in [3.05, 3.63) is 83.4 Å². The van der Waals surface area contributed by atoms with Gasteiger partial charge in [0.2, 0.25) is 5.95 Å². The van der Waals surface area contributed by atoms with Gasteiger partial charge in [-0.05, 0) is 30.5 Å². The molecule has 188 valence electrons. The van der Waals surface area contributed by atoms with E-state index >= 15 is 0 Å². The van der Waals surface area contributed by atoms with E-state index in [0.717, 1.165) is 42.1 Å². The first kappa shape index (κ1) is 23.4. The van der Waals surface area contributed by atoms with Crippen LogP contribution in [0.2, 0.25) is 0 Å². The van der Waals surface area contributed by atoms with Gasteiger partial charge in [0.15, 0.2) is 0 Å². The van der Waals surface area contributed by atoms with E-state index in [0.29, 0.717) is 43.6 Å². The zero-order valence-electron chi connectivity index (χ0n) is 20.9. The number of methoxy groups -OCH3 is 1. The average molecular weight is 495 g/mol. The quantitative estimate of drug-likeness (QED) is 0.557. The average Bonchev–Trinajstić information content (AvgIpc) is 3.67. The lowest BCUT2D eigenvalue weighted by molar-refractivity contribution is 0.0796. The van der Waals surface area contributed by atoms with Crippen LogP contribution in [0, 0.1) is 0 Å². The Morgan fingerprint density at radius 1 is 1.05 bits per heavy atom. The first-order valence-corrected chi connectivity index (χ1v) is 12.8. The SMILES string of the molecule is COC[C@@H]1CCCN1c1nc(NC2=NCC3=C2CN(C(=O)c2ccccc2)C3)cc(-c2ccccc2)n1. The summed E-state index contributed by atoms with van der Waals surface area (Å²) in [5.74, 6) is 2.23. The predicted molar refractivity (Wildman–Crippen MR) is 145 cm³/mol. The molecular weight excluding hydrogens is 464 g/mol. The highest BCUT2D eigenvalue weighted by Gasteiger charge is 2.33. The smallest absolute Gasteiger partial charge is 0.254 e. The molecule has 1 fully saturated rings. The van der Waals surface area contributed by atoms with Crippen LogP contribution in [0.1, 0.15) is 23.2 Å². The fourth-order valence-corrected chi connectivity index (χ4v) is 5.33. The van der Waals surface area contributed by atoms with Crippen molar-refractivity contribution in [2.24, 2.45) is 4.99 Å². The molecule has 8 nitrogen and oxygen atoms in total. The first-order valence-electron chi connectivity index (χ1n) is 12.8. The maximum atomic E-state index is 13.0. The highest BCUT2D eigenvalue weighted by atomic mass is 16.5. The van der Waals surface area contributed by atoms with Gasteiger partial charge in [0.1, 0.15) is 11.7 Å². The molecule has 2 aromatic carbocycles. The number of nitrogens with one attached hydrogen (secondary N) is 1. The van der Waals surface area contributed by atoms with Gasteiger partial charge in [-0.25, -0.2) is 4.98 Å². The van der Waals surface area contributed by atoms with Crippen LogP contribution in [0.15, 0.2) is 82.9 Å². The van der Waals surface area contributed by atoms with Gasteiger partial charge in [0, 0.05) is 43.0 Å². The summed E-state index contributed by atoms with van der Waals surface area (Å²) in [6.45, 7) is 3.30. The molecule has 0 radical (unpaired) electrons. The van der Waals surface area contributed by atoms with E-state index in [4.69, 9.17) is 19.7 Å². The summed E-state index contributed by atoms with van der Waals surface area (Å²) in [4.78, 5) is 31.8. The molecule has 4 heterocycles. The molecule has 0 aliphatic carbocycles. The molecule has 0 unspecified atom stereocenters. The number of anilines is 2. The zero-order valence-corrected chi connectivity index (χ0v) is 20.9. The number of amidine groups is 1. The van der Waals surface area contributed by atoms with Crippen LogP contribution in [0.5, 0.6) is 0 Å². The number of nitrogens with zero attached hydrogens (tertiary/aromatic N) is 5. The second kappa shape index (κ2) is 10.1. The minimum absolute atomic E-state index is 0.0447. The third-order valence-electron chi connectivity index (χ3n) is 7.20. The summed E-state index contributed by atoms with van der Waals surface area (Å²) in [6.07, 6.45) is 2.15. The van der Waals surface area contributed by atoms with E-state index in [1.54, 1.807) is 7.11 Å². The summed E-state index contributed by atoms with van der Waals surface area (Å²) in [7, 11) is 1.74. The molecule has 37 heavy (non-hydrogen) atoms. The molecule has 1 aromatic heterocycles. The van der Waals surface area contributed by atoms with E-state index in [-0.39, 0.29) is 11.9 Å². The standard InChI is InChI=1S/C29H30N6O2/c1-37-19-23-13-8-14-35(23)29-31-25(20-9-4-2-5-10-20)15-26(33-29)32-27-24-18-34(17-22(24)16-30-27)28(36)21-11-6-3-7-12-21/h2-7,9-12,15,23H,8,13-14,16-19H2,1H3,(H,30,31,32,33)/t23-/m0/s1. The molecule has 0 saturated carbocycles. The number of aromatic nitrogens is 2. The van der Waals surface area contributed by atoms with Gasteiger partial charge in [-0.3, -0.25) is 9.79 Å². The minimum Gasteiger partial charge on any atom is -0.383 e. The predicted octanol–water partition coefficient (Wildman–Crippen LogP) is 4.04. The fourth-order valence-electron chi connectivity index (χ4n) is 5.33. The molecule has 8 heteroatoms. The van der Waals surface area contributed by atoms with E-state index in [9.17, 15) is 4.79 Å². The minimum atomic E-state index is 0.0447. The third-order valence-corrected chi connectivity index (χ3v) is 7.20. The Morgan fingerprint density at radius 3 is 2.62 bits per heavy atom. The molecular formula is C29H30N6O2. The first-order chi connectivity index (χ1) is 18.2. The monoisotopic (exact) mass is 494 g/mol. The highest BCUT2D eigenvalue weighted by molar-refractivity contribution is 6.11. The van der Waals surface area contributed by atoms with E-state index in [2.05, 4.69) is 22.3 Å². The second-order valence-corrected chi connectivity index (χ2v) is 9.65. The fraction of sp³-hybridized carbons (Fsp3) is 0.310. The molecule has 0 spiro atoms. The maximum Gasteiger partial charge on any atom is 0.254 e. The number of carbonyl (C=O) groups is 1. The van der Waals surface area contributed by atoms with Crippen molar-refractivity contribution in [2.45, 2.75) is 18.9 Å². The lowest BCUT2D eigenvalue weighted by Crippen LogP contribution is -2.34. The molecule has 6 rings (SSSR count). The van der Waals surface area contributed by atoms with Crippen LogP contribution in [-0.2, 0) is 4.74 Å². The lowest BCUT2D eigenvalue weighted by Gasteiger charge is -2.25. The number of ether oxygens (including phenoxy) is 1. The molecule has 1 saturated heterocycles. The Labute approximate surface area is 216 Å². The lowest BCUT2D eigenvalue weighted by atomic mass is 10.1. The molecule has 1 N–H and O–H groups in total. The normalized spacial score (nSPS) is 18.8. The van der Waals surface area contributed by atoms with E-state index in [1.807, 2.05) is 59.5 Å². The third kappa shape index (κ3) is 4.72. The van der Waals surface area contributed by atoms with Gasteiger partial charge >= 0.3 is 0 Å². The Balaban J connectivity index is 1.26. The summed E-state index contributed by atoms with van der Waals surface area (Å²) in [5, 5.41) is 3.48. The molecule has 1 atom stereocenters. The van der Waals surface area contributed by atoms with Gasteiger partial charge in [-0.15, -0.1) is 0 Å². The largest absolute Gasteiger partial charge is 0.383 e. The Bertz CT molecular complexity index is 1360. The van der Waals surface area contributed by atoms with Crippen molar-refractivity contribution >= 4 is 23.5 Å². The Morgan fingerprint density at radius 2 is 1.84 bits per heavy atom. The van der Waals surface area contributed by atoms with Crippen LogP contribution >= 0.6 is 0 Å². The van der Waals surface area contributed by atoms with Crippen molar-refractivity contribution in [2.75, 3.05) is 50.1 Å². The van der Waals surface area contributed by atoms with Gasteiger partial charge in [0.05, 0.1) is 31.4 Å².